The van der Waals surface area contributed by atoms with Gasteiger partial charge in [-0.1, -0.05) is 63.4 Å². The van der Waals surface area contributed by atoms with Gasteiger partial charge in [-0.15, -0.1) is 0 Å². The smallest absolute Gasteiger partial charge is 0.220 e. The van der Waals surface area contributed by atoms with Crippen molar-refractivity contribution in [2.45, 2.75) is 71.1 Å². The number of unbranched alkanes of at least 4 members (excludes halogenated alkanes) is 8. The number of ether oxygens (including phenoxy) is 1. The van der Waals surface area contributed by atoms with Crippen molar-refractivity contribution >= 4 is 5.91 Å². The second kappa shape index (κ2) is 17.8. The van der Waals surface area contributed by atoms with E-state index in [4.69, 9.17) is 10.3 Å². The summed E-state index contributed by atoms with van der Waals surface area (Å²) in [4.78, 5) is 14.2. The number of rotatable bonds is 16. The van der Waals surface area contributed by atoms with E-state index >= 15 is 0 Å². The fourth-order valence-electron chi connectivity index (χ4n) is 2.20. The molecule has 0 fully saturated rings. The van der Waals surface area contributed by atoms with E-state index in [1.54, 1.807) is 0 Å². The molecule has 0 aliphatic rings. The Bertz CT molecular complexity index is 305. The van der Waals surface area contributed by atoms with Crippen molar-refractivity contribution < 1.29 is 9.53 Å². The minimum atomic E-state index is 0.0987. The summed E-state index contributed by atoms with van der Waals surface area (Å²) in [6.45, 7) is 3.96. The van der Waals surface area contributed by atoms with Gasteiger partial charge in [0.2, 0.25) is 5.91 Å². The molecule has 0 saturated heterocycles. The summed E-state index contributed by atoms with van der Waals surface area (Å²) in [6.07, 6.45) is 12.0. The van der Waals surface area contributed by atoms with E-state index in [1.165, 1.54) is 44.9 Å². The van der Waals surface area contributed by atoms with Crippen LogP contribution in [0.5, 0.6) is 0 Å². The minimum absolute atomic E-state index is 0.0987. The van der Waals surface area contributed by atoms with Crippen LogP contribution in [0.25, 0.3) is 10.4 Å². The average molecular weight is 312 g/mol. The molecule has 0 aromatic heterocycles. The van der Waals surface area contributed by atoms with E-state index < -0.39 is 0 Å². The Morgan fingerprint density at radius 2 is 1.68 bits per heavy atom. The molecule has 0 aliphatic heterocycles. The molecule has 6 nitrogen and oxygen atoms in total. The van der Waals surface area contributed by atoms with Crippen LogP contribution in [0.4, 0.5) is 0 Å². The Morgan fingerprint density at radius 3 is 2.32 bits per heavy atom. The second-order valence-corrected chi connectivity index (χ2v) is 5.50. The molecule has 22 heavy (non-hydrogen) atoms. The van der Waals surface area contributed by atoms with Gasteiger partial charge in [0.15, 0.2) is 0 Å². The van der Waals surface area contributed by atoms with E-state index in [0.29, 0.717) is 32.7 Å². The number of carbonyl (C=O) groups excluding carboxylic acids is 1. The third kappa shape index (κ3) is 16.8. The molecule has 0 bridgehead atoms. The van der Waals surface area contributed by atoms with Gasteiger partial charge in [0.25, 0.3) is 0 Å². The maximum Gasteiger partial charge on any atom is 0.220 e. The highest BCUT2D eigenvalue weighted by molar-refractivity contribution is 5.75. The largest absolute Gasteiger partial charge is 0.379 e. The van der Waals surface area contributed by atoms with E-state index in [0.717, 1.165) is 12.8 Å². The van der Waals surface area contributed by atoms with Crippen LogP contribution < -0.4 is 5.32 Å². The topological polar surface area (TPSA) is 87.1 Å². The standard InChI is InChI=1S/C16H32N4O2/c1-2-3-4-5-6-7-8-9-10-11-16(21)18-12-14-22-15-13-19-20-17/h2-15H2,1H3,(H,18,21). The van der Waals surface area contributed by atoms with Gasteiger partial charge < -0.3 is 10.1 Å². The minimum Gasteiger partial charge on any atom is -0.379 e. The lowest BCUT2D eigenvalue weighted by Crippen LogP contribution is -2.27. The maximum absolute atomic E-state index is 11.6. The predicted molar refractivity (Wildman–Crippen MR) is 89.7 cm³/mol. The first-order chi connectivity index (χ1) is 10.8. The third-order valence-electron chi connectivity index (χ3n) is 3.47. The number of azide groups is 1. The Morgan fingerprint density at radius 1 is 1.05 bits per heavy atom. The predicted octanol–water partition coefficient (Wildman–Crippen LogP) is 4.35. The Balaban J connectivity index is 3.17. The van der Waals surface area contributed by atoms with Crippen LogP contribution in [0.2, 0.25) is 0 Å². The Labute approximate surface area is 134 Å². The van der Waals surface area contributed by atoms with Crippen molar-refractivity contribution in [3.8, 4) is 0 Å². The highest BCUT2D eigenvalue weighted by Gasteiger charge is 2.00. The molecule has 0 atom stereocenters. The zero-order valence-electron chi connectivity index (χ0n) is 14.1. The maximum atomic E-state index is 11.6. The molecule has 0 aromatic rings. The van der Waals surface area contributed by atoms with E-state index in [2.05, 4.69) is 22.3 Å². The number of hydrogen-bond acceptors (Lipinski definition) is 3. The zero-order chi connectivity index (χ0) is 16.3. The summed E-state index contributed by atoms with van der Waals surface area (Å²) in [7, 11) is 0. The summed E-state index contributed by atoms with van der Waals surface area (Å²) in [5.74, 6) is 0.0987. The zero-order valence-corrected chi connectivity index (χ0v) is 14.1. The summed E-state index contributed by atoms with van der Waals surface area (Å²) < 4.78 is 5.20. The molecule has 1 amide bonds. The summed E-state index contributed by atoms with van der Waals surface area (Å²) in [5, 5.41) is 6.19. The van der Waals surface area contributed by atoms with E-state index in [1.807, 2.05) is 0 Å². The lowest BCUT2D eigenvalue weighted by atomic mass is 10.1. The Kier molecular flexibility index (Phi) is 16.8. The van der Waals surface area contributed by atoms with Crippen LogP contribution in [0.15, 0.2) is 5.11 Å². The van der Waals surface area contributed by atoms with Gasteiger partial charge in [-0.25, -0.2) is 0 Å². The molecular weight excluding hydrogens is 280 g/mol. The second-order valence-electron chi connectivity index (χ2n) is 5.50. The quantitative estimate of drug-likeness (QED) is 0.199. The number of hydrogen-bond donors (Lipinski definition) is 1. The monoisotopic (exact) mass is 312 g/mol. The number of carbonyl (C=O) groups is 1. The average Bonchev–Trinajstić information content (AvgIpc) is 2.52. The molecule has 0 aromatic carbocycles. The van der Waals surface area contributed by atoms with Crippen molar-refractivity contribution in [2.75, 3.05) is 26.3 Å². The van der Waals surface area contributed by atoms with Crippen LogP contribution in [-0.4, -0.2) is 32.2 Å². The molecule has 128 valence electrons. The van der Waals surface area contributed by atoms with E-state index in [-0.39, 0.29) is 5.91 Å². The molecule has 6 heteroatoms. The molecular formula is C16H32N4O2. The van der Waals surface area contributed by atoms with Gasteiger partial charge >= 0.3 is 0 Å². The van der Waals surface area contributed by atoms with Gasteiger partial charge in [-0.3, -0.25) is 4.79 Å². The van der Waals surface area contributed by atoms with Gasteiger partial charge in [0.1, 0.15) is 0 Å². The number of nitrogens with one attached hydrogen (secondary N) is 1. The van der Waals surface area contributed by atoms with Crippen LogP contribution in [-0.2, 0) is 9.53 Å². The first-order valence-corrected chi connectivity index (χ1v) is 8.66. The molecule has 0 aliphatic carbocycles. The Hall–Kier alpha value is -1.26. The molecule has 0 heterocycles. The number of amides is 1. The van der Waals surface area contributed by atoms with Gasteiger partial charge in [-0.2, -0.15) is 0 Å². The SMILES string of the molecule is CCCCCCCCCCCC(=O)NCCOCCN=[N+]=[N-]. The fourth-order valence-corrected chi connectivity index (χ4v) is 2.20. The van der Waals surface area contributed by atoms with Crippen molar-refractivity contribution in [3.63, 3.8) is 0 Å². The molecule has 0 rings (SSSR count). The van der Waals surface area contributed by atoms with Gasteiger partial charge in [0, 0.05) is 24.4 Å². The van der Waals surface area contributed by atoms with Crippen molar-refractivity contribution in [1.82, 2.24) is 5.32 Å². The molecule has 0 saturated carbocycles. The van der Waals surface area contributed by atoms with Gasteiger partial charge in [0.05, 0.1) is 13.2 Å². The van der Waals surface area contributed by atoms with Gasteiger partial charge in [-0.05, 0) is 12.0 Å². The first kappa shape index (κ1) is 20.7. The highest BCUT2D eigenvalue weighted by Crippen LogP contribution is 2.10. The van der Waals surface area contributed by atoms with Crippen molar-refractivity contribution in [1.29, 1.82) is 0 Å². The van der Waals surface area contributed by atoms with Crippen molar-refractivity contribution in [3.05, 3.63) is 10.4 Å². The fraction of sp³-hybridized carbons (Fsp3) is 0.938. The van der Waals surface area contributed by atoms with Crippen LogP contribution >= 0.6 is 0 Å². The first-order valence-electron chi connectivity index (χ1n) is 8.66. The summed E-state index contributed by atoms with van der Waals surface area (Å²) in [6, 6.07) is 0. The van der Waals surface area contributed by atoms with Crippen molar-refractivity contribution in [2.24, 2.45) is 5.11 Å². The van der Waals surface area contributed by atoms with Crippen LogP contribution in [0, 0.1) is 0 Å². The molecule has 0 spiro atoms. The number of nitrogens with zero attached hydrogens (tertiary/aromatic N) is 3. The summed E-state index contributed by atoms with van der Waals surface area (Å²) in [5.41, 5.74) is 8.07. The molecule has 0 radical (unpaired) electrons. The lowest BCUT2D eigenvalue weighted by Gasteiger charge is -2.06. The normalized spacial score (nSPS) is 10.2. The lowest BCUT2D eigenvalue weighted by molar-refractivity contribution is -0.121. The van der Waals surface area contributed by atoms with E-state index in [9.17, 15) is 4.79 Å². The van der Waals surface area contributed by atoms with Crippen LogP contribution in [0.3, 0.4) is 0 Å². The van der Waals surface area contributed by atoms with Crippen LogP contribution in [0.1, 0.15) is 71.1 Å². The molecule has 0 unspecified atom stereocenters. The summed E-state index contributed by atoms with van der Waals surface area (Å²) >= 11 is 0. The molecule has 1 N–H and O–H groups in total. The highest BCUT2D eigenvalue weighted by atomic mass is 16.5. The third-order valence-corrected chi connectivity index (χ3v) is 3.47.